The molecule has 0 fully saturated rings. The van der Waals surface area contributed by atoms with Gasteiger partial charge in [-0.1, -0.05) is 20.3 Å². The average Bonchev–Trinajstić information content (AvgIpc) is 2.59. The fourth-order valence-electron chi connectivity index (χ4n) is 2.18. The van der Waals surface area contributed by atoms with Crippen LogP contribution < -0.4 is 22.1 Å². The van der Waals surface area contributed by atoms with E-state index < -0.39 is 54.2 Å². The lowest BCUT2D eigenvalue weighted by Gasteiger charge is -2.25. The minimum absolute atomic E-state index is 0.0426. The van der Waals surface area contributed by atoms with Crippen molar-refractivity contribution in [2.24, 2.45) is 17.4 Å². The van der Waals surface area contributed by atoms with E-state index in [1.54, 1.807) is 13.8 Å². The van der Waals surface area contributed by atoms with Crippen molar-refractivity contribution in [2.75, 3.05) is 0 Å². The van der Waals surface area contributed by atoms with Gasteiger partial charge in [-0.05, 0) is 18.8 Å². The summed E-state index contributed by atoms with van der Waals surface area (Å²) in [6.07, 6.45) is -0.353. The Balaban J connectivity index is 5.12. The van der Waals surface area contributed by atoms with Crippen LogP contribution in [-0.4, -0.2) is 58.0 Å². The maximum Gasteiger partial charge on any atom is 0.326 e. The molecule has 0 bridgehead atoms. The first-order valence-corrected chi connectivity index (χ1v) is 8.58. The van der Waals surface area contributed by atoms with Gasteiger partial charge in [-0.25, -0.2) is 4.79 Å². The quantitative estimate of drug-likeness (QED) is 0.220. The summed E-state index contributed by atoms with van der Waals surface area (Å²) in [5.41, 5.74) is 10.6. The van der Waals surface area contributed by atoms with Crippen molar-refractivity contribution in [3.8, 4) is 0 Å². The number of hydrogen-bond acceptors (Lipinski definition) is 6. The summed E-state index contributed by atoms with van der Waals surface area (Å²) in [7, 11) is 0. The third kappa shape index (κ3) is 9.54. The van der Waals surface area contributed by atoms with E-state index in [-0.39, 0.29) is 25.2 Å². The fraction of sp³-hybridized carbons (Fsp3) is 0.688. The van der Waals surface area contributed by atoms with Gasteiger partial charge in [0.1, 0.15) is 12.1 Å². The Labute approximate surface area is 156 Å². The lowest BCUT2D eigenvalue weighted by Crippen LogP contribution is -2.55. The number of aliphatic carboxylic acids is 2. The molecule has 11 nitrogen and oxygen atoms in total. The van der Waals surface area contributed by atoms with Gasteiger partial charge in [0, 0.05) is 12.8 Å². The van der Waals surface area contributed by atoms with E-state index in [1.807, 2.05) is 0 Å². The second-order valence-electron chi connectivity index (χ2n) is 6.32. The first-order valence-electron chi connectivity index (χ1n) is 8.58. The third-order valence-electron chi connectivity index (χ3n) is 4.10. The van der Waals surface area contributed by atoms with E-state index >= 15 is 0 Å². The maximum atomic E-state index is 12.4. The molecule has 4 atom stereocenters. The lowest BCUT2D eigenvalue weighted by atomic mass is 9.98. The van der Waals surface area contributed by atoms with E-state index in [0.717, 1.165) is 0 Å². The normalized spacial score (nSPS) is 15.1. The Bertz CT molecular complexity index is 567. The molecule has 154 valence electrons. The number of carbonyl (C=O) groups is 5. The Morgan fingerprint density at radius 2 is 1.56 bits per heavy atom. The smallest absolute Gasteiger partial charge is 0.326 e. The van der Waals surface area contributed by atoms with Crippen LogP contribution in [0.2, 0.25) is 0 Å². The standard InChI is InChI=1S/C16H28N4O7/c1-3-8(2)13(16(26)27)20-15(25)10(5-7-12(22)23)19-14(24)9(17)4-6-11(18)21/h8-10,13H,3-7,17H2,1-2H3,(H2,18,21)(H,19,24)(H,20,25)(H,22,23)(H,26,27). The van der Waals surface area contributed by atoms with Gasteiger partial charge in [-0.3, -0.25) is 19.2 Å². The summed E-state index contributed by atoms with van der Waals surface area (Å²) >= 11 is 0. The molecule has 0 saturated heterocycles. The molecule has 0 aromatic rings. The van der Waals surface area contributed by atoms with Gasteiger partial charge in [-0.15, -0.1) is 0 Å². The van der Waals surface area contributed by atoms with E-state index in [4.69, 9.17) is 16.6 Å². The van der Waals surface area contributed by atoms with Crippen LogP contribution in [0.25, 0.3) is 0 Å². The zero-order chi connectivity index (χ0) is 21.1. The Kier molecular flexibility index (Phi) is 10.7. The van der Waals surface area contributed by atoms with Crippen molar-refractivity contribution >= 4 is 29.7 Å². The van der Waals surface area contributed by atoms with Crippen LogP contribution in [0.1, 0.15) is 46.0 Å². The van der Waals surface area contributed by atoms with Gasteiger partial charge in [0.15, 0.2) is 0 Å². The lowest BCUT2D eigenvalue weighted by molar-refractivity contribution is -0.144. The highest BCUT2D eigenvalue weighted by Crippen LogP contribution is 2.09. The number of hydrogen-bond donors (Lipinski definition) is 6. The molecule has 0 saturated carbocycles. The predicted molar refractivity (Wildman–Crippen MR) is 94.2 cm³/mol. The SMILES string of the molecule is CCC(C)C(NC(=O)C(CCC(=O)O)NC(=O)C(N)CCC(N)=O)C(=O)O. The number of nitrogens with two attached hydrogens (primary N) is 2. The molecule has 0 aliphatic heterocycles. The van der Waals surface area contributed by atoms with Crippen LogP contribution in [0.15, 0.2) is 0 Å². The van der Waals surface area contributed by atoms with Crippen LogP contribution >= 0.6 is 0 Å². The summed E-state index contributed by atoms with van der Waals surface area (Å²) in [6, 6.07) is -3.59. The number of carboxylic acid groups (broad SMARTS) is 2. The molecular formula is C16H28N4O7. The summed E-state index contributed by atoms with van der Waals surface area (Å²) < 4.78 is 0. The number of amides is 3. The van der Waals surface area contributed by atoms with Gasteiger partial charge >= 0.3 is 11.9 Å². The molecule has 0 aliphatic rings. The fourth-order valence-corrected chi connectivity index (χ4v) is 2.18. The van der Waals surface area contributed by atoms with E-state index in [9.17, 15) is 29.1 Å². The number of rotatable bonds is 13. The molecule has 0 rings (SSSR count). The number of nitrogens with one attached hydrogen (secondary N) is 2. The molecule has 27 heavy (non-hydrogen) atoms. The largest absolute Gasteiger partial charge is 0.481 e. The zero-order valence-corrected chi connectivity index (χ0v) is 15.4. The second-order valence-corrected chi connectivity index (χ2v) is 6.32. The van der Waals surface area contributed by atoms with E-state index in [2.05, 4.69) is 10.6 Å². The third-order valence-corrected chi connectivity index (χ3v) is 4.10. The minimum atomic E-state index is -1.28. The predicted octanol–water partition coefficient (Wildman–Crippen LogP) is -1.46. The van der Waals surface area contributed by atoms with E-state index in [0.29, 0.717) is 6.42 Å². The highest BCUT2D eigenvalue weighted by Gasteiger charge is 2.30. The molecule has 3 amide bonds. The Morgan fingerprint density at radius 1 is 0.963 bits per heavy atom. The summed E-state index contributed by atoms with van der Waals surface area (Å²) in [6.45, 7) is 3.40. The summed E-state index contributed by atoms with van der Waals surface area (Å²) in [5, 5.41) is 22.7. The molecule has 0 aromatic heterocycles. The minimum Gasteiger partial charge on any atom is -0.481 e. The first-order chi connectivity index (χ1) is 12.5. The van der Waals surface area contributed by atoms with Crippen LogP contribution in [-0.2, 0) is 24.0 Å². The van der Waals surface area contributed by atoms with Crippen molar-refractivity contribution in [1.82, 2.24) is 10.6 Å². The zero-order valence-electron chi connectivity index (χ0n) is 15.4. The van der Waals surface area contributed by atoms with Gasteiger partial charge in [0.05, 0.1) is 6.04 Å². The van der Waals surface area contributed by atoms with Crippen molar-refractivity contribution < 1.29 is 34.2 Å². The van der Waals surface area contributed by atoms with Crippen molar-refractivity contribution in [3.63, 3.8) is 0 Å². The molecule has 11 heteroatoms. The van der Waals surface area contributed by atoms with Gasteiger partial charge in [-0.2, -0.15) is 0 Å². The molecule has 0 aliphatic carbocycles. The highest BCUT2D eigenvalue weighted by molar-refractivity contribution is 5.92. The van der Waals surface area contributed by atoms with Crippen molar-refractivity contribution in [1.29, 1.82) is 0 Å². The van der Waals surface area contributed by atoms with Gasteiger partial charge < -0.3 is 32.3 Å². The first kappa shape index (κ1) is 24.3. The average molecular weight is 388 g/mol. The van der Waals surface area contributed by atoms with Crippen molar-refractivity contribution in [3.05, 3.63) is 0 Å². The maximum absolute atomic E-state index is 12.4. The molecule has 0 radical (unpaired) electrons. The molecular weight excluding hydrogens is 360 g/mol. The van der Waals surface area contributed by atoms with Crippen LogP contribution in [0.5, 0.6) is 0 Å². The number of carbonyl (C=O) groups excluding carboxylic acids is 3. The molecule has 0 spiro atoms. The van der Waals surface area contributed by atoms with Gasteiger partial charge in [0.2, 0.25) is 17.7 Å². The summed E-state index contributed by atoms with van der Waals surface area (Å²) in [5.74, 6) is -5.02. The van der Waals surface area contributed by atoms with Crippen LogP contribution in [0.4, 0.5) is 0 Å². The molecule has 0 heterocycles. The van der Waals surface area contributed by atoms with Gasteiger partial charge in [0.25, 0.3) is 0 Å². The topological polar surface area (TPSA) is 202 Å². The Morgan fingerprint density at radius 3 is 2.00 bits per heavy atom. The van der Waals surface area contributed by atoms with Crippen LogP contribution in [0.3, 0.4) is 0 Å². The number of primary amides is 1. The summed E-state index contributed by atoms with van der Waals surface area (Å²) in [4.78, 5) is 57.4. The second kappa shape index (κ2) is 11.8. The molecule has 4 unspecified atom stereocenters. The molecule has 0 aromatic carbocycles. The van der Waals surface area contributed by atoms with Crippen LogP contribution in [0, 0.1) is 5.92 Å². The monoisotopic (exact) mass is 388 g/mol. The highest BCUT2D eigenvalue weighted by atomic mass is 16.4. The molecule has 8 N–H and O–H groups in total. The van der Waals surface area contributed by atoms with E-state index in [1.165, 1.54) is 0 Å². The Hall–Kier alpha value is -2.69. The van der Waals surface area contributed by atoms with Crippen molar-refractivity contribution in [2.45, 2.75) is 64.1 Å². The number of carboxylic acids is 2.